The van der Waals surface area contributed by atoms with E-state index in [1.165, 1.54) is 0 Å². The van der Waals surface area contributed by atoms with Gasteiger partial charge in [-0.3, -0.25) is 4.79 Å². The number of unbranched alkanes of at least 4 members (excludes halogenated alkanes) is 1. The van der Waals surface area contributed by atoms with Gasteiger partial charge in [-0.1, -0.05) is 30.0 Å². The topological polar surface area (TPSA) is 93.7 Å². The number of fused-ring (bicyclic) bond motifs is 1. The van der Waals surface area contributed by atoms with Crippen molar-refractivity contribution in [1.82, 2.24) is 20.9 Å². The standard InChI is InChI=1S/C22H30N4O3/c27-21(28)15-17-10-14-26(16-18-7-1-2-8-19(17)18)22(29)25-13-6-5-12-24-20-9-3-4-11-23-20/h1-3,7-8,17,23-24H,4-6,10-16H2,(H,25,29)(H,27,28). The summed E-state index contributed by atoms with van der Waals surface area (Å²) >= 11 is 0. The molecule has 2 heterocycles. The Hall–Kier alpha value is -2.92. The summed E-state index contributed by atoms with van der Waals surface area (Å²) in [6, 6.07) is 7.78. The summed E-state index contributed by atoms with van der Waals surface area (Å²) in [6.45, 7) is 3.49. The molecule has 7 nitrogen and oxygen atoms in total. The lowest BCUT2D eigenvalue weighted by molar-refractivity contribution is -0.137. The number of nitrogens with one attached hydrogen (secondary N) is 3. The SMILES string of the molecule is O=C(O)CC1CCN(C(=O)NCCCCNC2=C=CCCN2)Cc2ccccc21. The van der Waals surface area contributed by atoms with E-state index >= 15 is 0 Å². The molecule has 0 aliphatic carbocycles. The molecule has 0 aromatic heterocycles. The number of amides is 2. The summed E-state index contributed by atoms with van der Waals surface area (Å²) in [5.74, 6) is 0.0924. The highest BCUT2D eigenvalue weighted by Gasteiger charge is 2.26. The summed E-state index contributed by atoms with van der Waals surface area (Å²) in [7, 11) is 0. The zero-order chi connectivity index (χ0) is 20.5. The number of urea groups is 1. The molecule has 0 spiro atoms. The minimum Gasteiger partial charge on any atom is -0.481 e. The molecule has 7 heteroatoms. The molecule has 1 unspecified atom stereocenters. The number of nitrogens with zero attached hydrogens (tertiary/aromatic N) is 1. The van der Waals surface area contributed by atoms with Gasteiger partial charge in [0.1, 0.15) is 5.82 Å². The normalized spacial score (nSPS) is 18.1. The van der Waals surface area contributed by atoms with Crippen LogP contribution in [0.3, 0.4) is 0 Å². The highest BCUT2D eigenvalue weighted by atomic mass is 16.4. The van der Waals surface area contributed by atoms with E-state index in [1.807, 2.05) is 30.3 Å². The van der Waals surface area contributed by atoms with Crippen molar-refractivity contribution in [3.63, 3.8) is 0 Å². The second-order valence-electron chi connectivity index (χ2n) is 7.51. The summed E-state index contributed by atoms with van der Waals surface area (Å²) in [5, 5.41) is 18.8. The molecular formula is C22H30N4O3. The molecule has 0 saturated heterocycles. The monoisotopic (exact) mass is 398 g/mol. The summed E-state index contributed by atoms with van der Waals surface area (Å²) < 4.78 is 0. The summed E-state index contributed by atoms with van der Waals surface area (Å²) in [5.41, 5.74) is 5.25. The van der Waals surface area contributed by atoms with Crippen LogP contribution in [0.5, 0.6) is 0 Å². The van der Waals surface area contributed by atoms with E-state index in [0.717, 1.165) is 49.3 Å². The zero-order valence-corrected chi connectivity index (χ0v) is 16.7. The van der Waals surface area contributed by atoms with Crippen molar-refractivity contribution in [3.8, 4) is 0 Å². The minimum absolute atomic E-state index is 0.0516. The number of hydrogen-bond acceptors (Lipinski definition) is 4. The molecular weight excluding hydrogens is 368 g/mol. The molecule has 156 valence electrons. The third kappa shape index (κ3) is 6.29. The maximum atomic E-state index is 12.6. The average Bonchev–Trinajstić information content (AvgIpc) is 2.91. The second kappa shape index (κ2) is 10.6. The molecule has 1 aromatic carbocycles. The maximum absolute atomic E-state index is 12.6. The first-order valence-electron chi connectivity index (χ1n) is 10.4. The van der Waals surface area contributed by atoms with Gasteiger partial charge in [0.15, 0.2) is 0 Å². The Balaban J connectivity index is 1.44. The van der Waals surface area contributed by atoms with Crippen molar-refractivity contribution in [2.75, 3.05) is 26.2 Å². The molecule has 0 fully saturated rings. The van der Waals surface area contributed by atoms with Crippen LogP contribution in [0.25, 0.3) is 0 Å². The van der Waals surface area contributed by atoms with Crippen LogP contribution >= 0.6 is 0 Å². The molecule has 3 rings (SSSR count). The van der Waals surface area contributed by atoms with E-state index in [4.69, 9.17) is 0 Å². The van der Waals surface area contributed by atoms with Crippen LogP contribution in [-0.4, -0.2) is 48.2 Å². The summed E-state index contributed by atoms with van der Waals surface area (Å²) in [4.78, 5) is 25.6. The molecule has 1 aromatic rings. The fraction of sp³-hybridized carbons (Fsp3) is 0.500. The van der Waals surface area contributed by atoms with Crippen LogP contribution < -0.4 is 16.0 Å². The van der Waals surface area contributed by atoms with Crippen LogP contribution in [0, 0.1) is 0 Å². The van der Waals surface area contributed by atoms with E-state index in [2.05, 4.69) is 21.7 Å². The number of benzene rings is 1. The maximum Gasteiger partial charge on any atom is 0.317 e. The first kappa shape index (κ1) is 20.8. The van der Waals surface area contributed by atoms with Gasteiger partial charge in [-0.2, -0.15) is 0 Å². The lowest BCUT2D eigenvalue weighted by Crippen LogP contribution is -2.40. The number of rotatable bonds is 8. The van der Waals surface area contributed by atoms with Gasteiger partial charge in [0.25, 0.3) is 0 Å². The lowest BCUT2D eigenvalue weighted by atomic mass is 9.90. The molecule has 29 heavy (non-hydrogen) atoms. The Kier molecular flexibility index (Phi) is 7.59. The minimum atomic E-state index is -0.800. The van der Waals surface area contributed by atoms with E-state index < -0.39 is 5.97 Å². The van der Waals surface area contributed by atoms with Crippen molar-refractivity contribution in [2.45, 2.75) is 44.6 Å². The molecule has 1 atom stereocenters. The third-order valence-electron chi connectivity index (χ3n) is 5.33. The third-order valence-corrected chi connectivity index (χ3v) is 5.33. The quantitative estimate of drug-likeness (QED) is 0.399. The highest BCUT2D eigenvalue weighted by Crippen LogP contribution is 2.31. The van der Waals surface area contributed by atoms with Crippen LogP contribution in [0.2, 0.25) is 0 Å². The molecule has 2 amide bonds. The van der Waals surface area contributed by atoms with Gasteiger partial charge in [-0.25, -0.2) is 4.79 Å². The number of carboxylic acids is 1. The largest absolute Gasteiger partial charge is 0.481 e. The predicted molar refractivity (Wildman–Crippen MR) is 111 cm³/mol. The van der Waals surface area contributed by atoms with Crippen molar-refractivity contribution >= 4 is 12.0 Å². The Labute approximate surface area is 171 Å². The Morgan fingerprint density at radius 1 is 1.24 bits per heavy atom. The zero-order valence-electron chi connectivity index (χ0n) is 16.7. The fourth-order valence-corrected chi connectivity index (χ4v) is 3.80. The van der Waals surface area contributed by atoms with E-state index in [1.54, 1.807) is 4.90 Å². The van der Waals surface area contributed by atoms with Crippen LogP contribution in [0.1, 0.15) is 49.1 Å². The molecule has 0 bridgehead atoms. The van der Waals surface area contributed by atoms with Crippen molar-refractivity contribution in [1.29, 1.82) is 0 Å². The summed E-state index contributed by atoms with van der Waals surface area (Å²) in [6.07, 6.45) is 5.64. The smallest absolute Gasteiger partial charge is 0.317 e. The van der Waals surface area contributed by atoms with Gasteiger partial charge >= 0.3 is 12.0 Å². The van der Waals surface area contributed by atoms with E-state index in [0.29, 0.717) is 26.1 Å². The first-order valence-corrected chi connectivity index (χ1v) is 10.4. The van der Waals surface area contributed by atoms with Crippen molar-refractivity contribution in [2.24, 2.45) is 0 Å². The molecule has 2 aliphatic rings. The van der Waals surface area contributed by atoms with Gasteiger partial charge in [0, 0.05) is 32.7 Å². The van der Waals surface area contributed by atoms with Gasteiger partial charge in [-0.15, -0.1) is 0 Å². The van der Waals surface area contributed by atoms with Crippen molar-refractivity contribution < 1.29 is 14.7 Å². The van der Waals surface area contributed by atoms with Gasteiger partial charge in [0.2, 0.25) is 0 Å². The van der Waals surface area contributed by atoms with E-state index in [9.17, 15) is 14.7 Å². The lowest BCUT2D eigenvalue weighted by Gasteiger charge is -2.21. The van der Waals surface area contributed by atoms with Crippen LogP contribution in [0.15, 0.2) is 41.9 Å². The highest BCUT2D eigenvalue weighted by molar-refractivity contribution is 5.74. The number of carbonyl (C=O) groups is 2. The van der Waals surface area contributed by atoms with E-state index in [-0.39, 0.29) is 18.4 Å². The van der Waals surface area contributed by atoms with Gasteiger partial charge < -0.3 is 26.0 Å². The number of hydrogen-bond donors (Lipinski definition) is 4. The molecule has 0 saturated carbocycles. The Morgan fingerprint density at radius 2 is 2.07 bits per heavy atom. The first-order chi connectivity index (χ1) is 14.1. The second-order valence-corrected chi connectivity index (χ2v) is 7.51. The predicted octanol–water partition coefficient (Wildman–Crippen LogP) is 2.52. The number of carboxylic acid groups (broad SMARTS) is 1. The van der Waals surface area contributed by atoms with Gasteiger partial charge in [-0.05, 0) is 48.8 Å². The molecule has 2 aliphatic heterocycles. The molecule has 0 radical (unpaired) electrons. The van der Waals surface area contributed by atoms with Crippen molar-refractivity contribution in [3.05, 3.63) is 53.0 Å². The fourth-order valence-electron chi connectivity index (χ4n) is 3.80. The Morgan fingerprint density at radius 3 is 2.86 bits per heavy atom. The van der Waals surface area contributed by atoms with Crippen LogP contribution in [-0.2, 0) is 11.3 Å². The molecule has 4 N–H and O–H groups in total. The van der Waals surface area contributed by atoms with Gasteiger partial charge in [0.05, 0.1) is 6.42 Å². The van der Waals surface area contributed by atoms with Crippen LogP contribution in [0.4, 0.5) is 4.79 Å². The number of carbonyl (C=O) groups excluding carboxylic acids is 1. The Bertz CT molecular complexity index is 786. The average molecular weight is 399 g/mol. The number of aliphatic carboxylic acids is 1.